The predicted molar refractivity (Wildman–Crippen MR) is 130 cm³/mol. The molecule has 0 radical (unpaired) electrons. The summed E-state index contributed by atoms with van der Waals surface area (Å²) in [6, 6.07) is 18.6. The third kappa shape index (κ3) is 6.45. The number of aromatic carboxylic acids is 1. The topological polar surface area (TPSA) is 94.8 Å². The Labute approximate surface area is 195 Å². The molecule has 0 aliphatic carbocycles. The van der Waals surface area contributed by atoms with E-state index in [1.807, 2.05) is 47.6 Å². The van der Waals surface area contributed by atoms with Crippen molar-refractivity contribution < 1.29 is 24.9 Å². The van der Waals surface area contributed by atoms with Gasteiger partial charge in [-0.3, -0.25) is 4.79 Å². The monoisotopic (exact) mass is 448 g/mol. The molecule has 0 fully saturated rings. The molecule has 0 aliphatic heterocycles. The minimum Gasteiger partial charge on any atom is -0.507 e. The Morgan fingerprint density at radius 2 is 1.12 bits per heavy atom. The molecule has 3 rings (SSSR count). The van der Waals surface area contributed by atoms with E-state index in [-0.39, 0.29) is 33.7 Å². The van der Waals surface area contributed by atoms with E-state index in [1.54, 1.807) is 54.6 Å². The Morgan fingerprint density at radius 3 is 1.55 bits per heavy atom. The van der Waals surface area contributed by atoms with Crippen LogP contribution < -0.4 is 0 Å². The number of hydrogen-bond acceptors (Lipinski definition) is 4. The van der Waals surface area contributed by atoms with Crippen LogP contribution in [0.25, 0.3) is 0 Å². The minimum atomic E-state index is -0.967. The lowest BCUT2D eigenvalue weighted by molar-refractivity contribution is 0.0696. The van der Waals surface area contributed by atoms with Gasteiger partial charge in [-0.1, -0.05) is 84.0 Å². The first-order chi connectivity index (χ1) is 15.2. The van der Waals surface area contributed by atoms with E-state index in [1.165, 1.54) is 6.07 Å². The van der Waals surface area contributed by atoms with Gasteiger partial charge in [0.1, 0.15) is 11.5 Å². The number of carbonyl (C=O) groups is 2. The molecule has 0 bridgehead atoms. The van der Waals surface area contributed by atoms with Crippen molar-refractivity contribution in [2.24, 2.45) is 0 Å². The zero-order valence-corrected chi connectivity index (χ0v) is 20.0. The molecule has 174 valence electrons. The SMILES string of the molecule is CC(C)(C)c1cc(C(=O)O)cc(C(C)(C)C)c1O.O=C(c1ccccc1)c1ccccc1O. The number of aromatic hydroxyl groups is 2. The van der Waals surface area contributed by atoms with Gasteiger partial charge in [-0.05, 0) is 35.1 Å². The van der Waals surface area contributed by atoms with Crippen molar-refractivity contribution in [1.82, 2.24) is 0 Å². The number of para-hydroxylation sites is 1. The molecule has 3 N–H and O–H groups in total. The van der Waals surface area contributed by atoms with Crippen molar-refractivity contribution in [3.8, 4) is 11.5 Å². The third-order valence-electron chi connectivity index (χ3n) is 5.16. The van der Waals surface area contributed by atoms with Gasteiger partial charge in [-0.2, -0.15) is 0 Å². The second kappa shape index (κ2) is 9.90. The van der Waals surface area contributed by atoms with E-state index in [4.69, 9.17) is 0 Å². The van der Waals surface area contributed by atoms with Crippen LogP contribution in [0.2, 0.25) is 0 Å². The lowest BCUT2D eigenvalue weighted by Gasteiger charge is -2.27. The number of carboxylic acids is 1. The number of benzene rings is 3. The molecule has 0 heterocycles. The fourth-order valence-corrected chi connectivity index (χ4v) is 3.31. The second-order valence-corrected chi connectivity index (χ2v) is 9.94. The predicted octanol–water partition coefficient (Wildman–Crippen LogP) is 6.31. The Bertz CT molecular complexity index is 1100. The molecule has 0 aromatic heterocycles. The van der Waals surface area contributed by atoms with Crippen LogP contribution >= 0.6 is 0 Å². The average molecular weight is 449 g/mol. The number of carbonyl (C=O) groups excluding carboxylic acids is 1. The highest BCUT2D eigenvalue weighted by Gasteiger charge is 2.27. The van der Waals surface area contributed by atoms with Gasteiger partial charge in [-0.15, -0.1) is 0 Å². The largest absolute Gasteiger partial charge is 0.507 e. The number of rotatable bonds is 3. The first-order valence-corrected chi connectivity index (χ1v) is 10.7. The van der Waals surface area contributed by atoms with Gasteiger partial charge in [0.25, 0.3) is 0 Å². The maximum Gasteiger partial charge on any atom is 0.335 e. The summed E-state index contributed by atoms with van der Waals surface area (Å²) in [5.74, 6) is -0.897. The van der Waals surface area contributed by atoms with Crippen molar-refractivity contribution >= 4 is 11.8 Å². The van der Waals surface area contributed by atoms with Crippen LogP contribution in [-0.2, 0) is 10.8 Å². The van der Waals surface area contributed by atoms with Gasteiger partial charge >= 0.3 is 5.97 Å². The van der Waals surface area contributed by atoms with Gasteiger partial charge in [0, 0.05) is 16.7 Å². The van der Waals surface area contributed by atoms with Crippen molar-refractivity contribution in [1.29, 1.82) is 0 Å². The number of carboxylic acid groups (broad SMARTS) is 1. The van der Waals surface area contributed by atoms with Gasteiger partial charge in [0.2, 0.25) is 0 Å². The van der Waals surface area contributed by atoms with Crippen LogP contribution in [0, 0.1) is 0 Å². The van der Waals surface area contributed by atoms with Gasteiger partial charge in [0.05, 0.1) is 11.1 Å². The summed E-state index contributed by atoms with van der Waals surface area (Å²) in [7, 11) is 0. The first kappa shape index (κ1) is 25.7. The van der Waals surface area contributed by atoms with Crippen LogP contribution in [0.15, 0.2) is 66.7 Å². The molecular weight excluding hydrogens is 416 g/mol. The highest BCUT2D eigenvalue weighted by atomic mass is 16.4. The highest BCUT2D eigenvalue weighted by molar-refractivity contribution is 6.10. The molecule has 3 aromatic carbocycles. The van der Waals surface area contributed by atoms with Crippen LogP contribution in [0.5, 0.6) is 11.5 Å². The standard InChI is InChI=1S/C15H22O3.C13H10O2/c1-14(2,3)10-7-9(13(17)18)8-11(12(10)16)15(4,5)6;14-12-9-5-4-8-11(12)13(15)10-6-2-1-3-7-10/h7-8,16H,1-6H3,(H,17,18);1-9,14H. The fourth-order valence-electron chi connectivity index (χ4n) is 3.31. The lowest BCUT2D eigenvalue weighted by atomic mass is 9.78. The number of ketones is 1. The maximum atomic E-state index is 11.9. The normalized spacial score (nSPS) is 11.3. The molecular formula is C28H32O5. The lowest BCUT2D eigenvalue weighted by Crippen LogP contribution is -2.18. The Balaban J connectivity index is 0.000000237. The first-order valence-electron chi connectivity index (χ1n) is 10.7. The summed E-state index contributed by atoms with van der Waals surface area (Å²) in [5, 5.41) is 29.1. The van der Waals surface area contributed by atoms with Gasteiger partial charge < -0.3 is 15.3 Å². The Kier molecular flexibility index (Phi) is 7.70. The third-order valence-corrected chi connectivity index (χ3v) is 5.16. The molecule has 0 aliphatic rings. The van der Waals surface area contributed by atoms with Gasteiger partial charge in [-0.25, -0.2) is 4.79 Å². The summed E-state index contributed by atoms with van der Waals surface area (Å²) in [6.07, 6.45) is 0. The molecule has 0 amide bonds. The maximum absolute atomic E-state index is 11.9. The van der Waals surface area contributed by atoms with E-state index in [2.05, 4.69) is 0 Å². The van der Waals surface area contributed by atoms with E-state index in [0.29, 0.717) is 22.3 Å². The van der Waals surface area contributed by atoms with Crippen molar-refractivity contribution in [3.63, 3.8) is 0 Å². The summed E-state index contributed by atoms with van der Waals surface area (Å²) >= 11 is 0. The van der Waals surface area contributed by atoms with Crippen molar-refractivity contribution in [2.75, 3.05) is 0 Å². The van der Waals surface area contributed by atoms with Crippen LogP contribution in [0.4, 0.5) is 0 Å². The van der Waals surface area contributed by atoms with E-state index in [9.17, 15) is 24.9 Å². The van der Waals surface area contributed by atoms with E-state index < -0.39 is 5.97 Å². The van der Waals surface area contributed by atoms with E-state index in [0.717, 1.165) is 0 Å². The summed E-state index contributed by atoms with van der Waals surface area (Å²) < 4.78 is 0. The molecule has 0 spiro atoms. The number of phenols is 2. The molecule has 5 heteroatoms. The highest BCUT2D eigenvalue weighted by Crippen LogP contribution is 2.39. The van der Waals surface area contributed by atoms with Gasteiger partial charge in [0.15, 0.2) is 5.78 Å². The summed E-state index contributed by atoms with van der Waals surface area (Å²) in [4.78, 5) is 23.1. The van der Waals surface area contributed by atoms with Crippen molar-refractivity contribution in [2.45, 2.75) is 52.4 Å². The minimum absolute atomic E-state index is 0.0198. The molecule has 0 unspecified atom stereocenters. The zero-order chi connectivity index (χ0) is 25.0. The smallest absolute Gasteiger partial charge is 0.335 e. The van der Waals surface area contributed by atoms with E-state index >= 15 is 0 Å². The second-order valence-electron chi connectivity index (χ2n) is 9.94. The van der Waals surface area contributed by atoms with Crippen LogP contribution in [0.1, 0.15) is 78.9 Å². The average Bonchev–Trinajstić information content (AvgIpc) is 2.73. The molecule has 33 heavy (non-hydrogen) atoms. The van der Waals surface area contributed by atoms with Crippen molar-refractivity contribution in [3.05, 3.63) is 94.5 Å². The molecule has 0 saturated heterocycles. The van der Waals surface area contributed by atoms with Crippen LogP contribution in [0.3, 0.4) is 0 Å². The Hall–Kier alpha value is -3.60. The zero-order valence-electron chi connectivity index (χ0n) is 20.0. The molecule has 3 aromatic rings. The summed E-state index contributed by atoms with van der Waals surface area (Å²) in [5.41, 5.74) is 1.90. The van der Waals surface area contributed by atoms with Crippen LogP contribution in [-0.4, -0.2) is 27.1 Å². The molecule has 0 saturated carbocycles. The fraction of sp³-hybridized carbons (Fsp3) is 0.286. The quantitative estimate of drug-likeness (QED) is 0.408. The Morgan fingerprint density at radius 1 is 0.667 bits per heavy atom. The number of hydrogen-bond donors (Lipinski definition) is 3. The molecule has 5 nitrogen and oxygen atoms in total. The summed E-state index contributed by atoms with van der Waals surface area (Å²) in [6.45, 7) is 11.8. The molecule has 0 atom stereocenters. The number of phenolic OH excluding ortho intramolecular Hbond substituents is 2.